The molecule has 0 radical (unpaired) electrons. The molecular weight excluding hydrogens is 318 g/mol. The molecule has 0 amide bonds. The van der Waals surface area contributed by atoms with Crippen LogP contribution >= 0.6 is 15.9 Å². The standard InChI is InChI=1S/C16H22BrNO2/c1-2-11-6-8-12(9-7-11)10-18-14-5-3-4-13(17)15(14)16(19)20/h3-5,11-12,18H,2,6-10H2,1H3,(H,19,20). The molecule has 0 unspecified atom stereocenters. The average molecular weight is 340 g/mol. The predicted molar refractivity (Wildman–Crippen MR) is 85.3 cm³/mol. The fourth-order valence-corrected chi connectivity index (χ4v) is 3.52. The second kappa shape index (κ2) is 7.11. The highest BCUT2D eigenvalue weighted by Gasteiger charge is 2.20. The van der Waals surface area contributed by atoms with Gasteiger partial charge < -0.3 is 10.4 Å². The van der Waals surface area contributed by atoms with E-state index in [9.17, 15) is 9.90 Å². The van der Waals surface area contributed by atoms with Crippen LogP contribution in [0.25, 0.3) is 0 Å². The van der Waals surface area contributed by atoms with Gasteiger partial charge in [-0.2, -0.15) is 0 Å². The van der Waals surface area contributed by atoms with Crippen molar-refractivity contribution in [3.8, 4) is 0 Å². The van der Waals surface area contributed by atoms with Crippen molar-refractivity contribution < 1.29 is 9.90 Å². The van der Waals surface area contributed by atoms with Gasteiger partial charge in [-0.1, -0.05) is 32.3 Å². The van der Waals surface area contributed by atoms with Crippen LogP contribution in [-0.4, -0.2) is 17.6 Å². The van der Waals surface area contributed by atoms with Gasteiger partial charge in [0, 0.05) is 16.7 Å². The van der Waals surface area contributed by atoms with Crippen molar-refractivity contribution in [2.24, 2.45) is 11.8 Å². The van der Waals surface area contributed by atoms with Crippen LogP contribution in [0.1, 0.15) is 49.4 Å². The smallest absolute Gasteiger partial charge is 0.338 e. The molecule has 1 aromatic carbocycles. The molecule has 0 heterocycles. The summed E-state index contributed by atoms with van der Waals surface area (Å²) < 4.78 is 0.629. The van der Waals surface area contributed by atoms with Gasteiger partial charge >= 0.3 is 5.97 Å². The number of carboxylic acid groups (broad SMARTS) is 1. The maximum absolute atomic E-state index is 11.3. The molecule has 0 spiro atoms. The number of rotatable bonds is 5. The average Bonchev–Trinajstić information content (AvgIpc) is 2.45. The molecule has 20 heavy (non-hydrogen) atoms. The molecule has 2 N–H and O–H groups in total. The summed E-state index contributed by atoms with van der Waals surface area (Å²) in [5, 5.41) is 12.6. The van der Waals surface area contributed by atoms with Crippen LogP contribution in [0.2, 0.25) is 0 Å². The number of benzene rings is 1. The number of hydrogen-bond acceptors (Lipinski definition) is 2. The van der Waals surface area contributed by atoms with Crippen LogP contribution in [0.3, 0.4) is 0 Å². The number of aromatic carboxylic acids is 1. The monoisotopic (exact) mass is 339 g/mol. The zero-order chi connectivity index (χ0) is 14.5. The van der Waals surface area contributed by atoms with Gasteiger partial charge in [-0.3, -0.25) is 0 Å². The highest BCUT2D eigenvalue weighted by Crippen LogP contribution is 2.31. The molecule has 0 atom stereocenters. The van der Waals surface area contributed by atoms with Gasteiger partial charge in [0.05, 0.1) is 5.56 Å². The van der Waals surface area contributed by atoms with Crippen molar-refractivity contribution in [3.05, 3.63) is 28.2 Å². The minimum atomic E-state index is -0.894. The Hall–Kier alpha value is -1.03. The fraction of sp³-hybridized carbons (Fsp3) is 0.562. The Balaban J connectivity index is 1.95. The summed E-state index contributed by atoms with van der Waals surface area (Å²) >= 11 is 3.31. The molecule has 1 fully saturated rings. The molecule has 1 saturated carbocycles. The van der Waals surface area contributed by atoms with E-state index in [4.69, 9.17) is 0 Å². The molecule has 1 aromatic rings. The molecule has 1 aliphatic carbocycles. The Bertz CT molecular complexity index is 468. The summed E-state index contributed by atoms with van der Waals surface area (Å²) in [6, 6.07) is 5.47. The number of halogens is 1. The predicted octanol–water partition coefficient (Wildman–Crippen LogP) is 4.78. The Morgan fingerprint density at radius 3 is 2.55 bits per heavy atom. The molecule has 0 aliphatic heterocycles. The quantitative estimate of drug-likeness (QED) is 0.811. The van der Waals surface area contributed by atoms with E-state index in [1.807, 2.05) is 12.1 Å². The first-order chi connectivity index (χ1) is 9.61. The second-order valence-electron chi connectivity index (χ2n) is 5.64. The third-order valence-electron chi connectivity index (χ3n) is 4.35. The first-order valence-corrected chi connectivity index (χ1v) is 8.16. The Morgan fingerprint density at radius 1 is 1.30 bits per heavy atom. The van der Waals surface area contributed by atoms with E-state index < -0.39 is 5.97 Å². The zero-order valence-corrected chi connectivity index (χ0v) is 13.4. The van der Waals surface area contributed by atoms with E-state index in [-0.39, 0.29) is 0 Å². The highest BCUT2D eigenvalue weighted by atomic mass is 79.9. The van der Waals surface area contributed by atoms with Crippen molar-refractivity contribution in [3.63, 3.8) is 0 Å². The maximum atomic E-state index is 11.3. The van der Waals surface area contributed by atoms with Crippen LogP contribution in [0.15, 0.2) is 22.7 Å². The van der Waals surface area contributed by atoms with Crippen LogP contribution in [0.4, 0.5) is 5.69 Å². The minimum absolute atomic E-state index is 0.328. The van der Waals surface area contributed by atoms with Gasteiger partial charge in [0.1, 0.15) is 0 Å². The number of carbonyl (C=O) groups is 1. The lowest BCUT2D eigenvalue weighted by atomic mass is 9.81. The van der Waals surface area contributed by atoms with E-state index >= 15 is 0 Å². The summed E-state index contributed by atoms with van der Waals surface area (Å²) in [5.41, 5.74) is 1.04. The first-order valence-electron chi connectivity index (χ1n) is 7.37. The van der Waals surface area contributed by atoms with Crippen LogP contribution in [-0.2, 0) is 0 Å². The molecule has 1 aliphatic rings. The largest absolute Gasteiger partial charge is 0.478 e. The Labute approximate surface area is 128 Å². The van der Waals surface area contributed by atoms with Gasteiger partial charge in [-0.05, 0) is 52.7 Å². The number of anilines is 1. The zero-order valence-electron chi connectivity index (χ0n) is 11.9. The van der Waals surface area contributed by atoms with E-state index in [1.54, 1.807) is 6.07 Å². The number of nitrogens with one attached hydrogen (secondary N) is 1. The normalized spacial score (nSPS) is 22.5. The number of hydrogen-bond donors (Lipinski definition) is 2. The summed E-state index contributed by atoms with van der Waals surface area (Å²) in [6.07, 6.45) is 6.42. The molecule has 0 saturated heterocycles. The summed E-state index contributed by atoms with van der Waals surface area (Å²) in [4.78, 5) is 11.3. The van der Waals surface area contributed by atoms with Gasteiger partial charge in [0.2, 0.25) is 0 Å². The number of carboxylic acids is 1. The summed E-state index contributed by atoms with van der Waals surface area (Å²) in [6.45, 7) is 3.14. The van der Waals surface area contributed by atoms with Crippen molar-refractivity contribution in [2.75, 3.05) is 11.9 Å². The molecule has 0 aromatic heterocycles. The second-order valence-corrected chi connectivity index (χ2v) is 6.50. The molecule has 2 rings (SSSR count). The lowest BCUT2D eigenvalue weighted by Gasteiger charge is -2.28. The maximum Gasteiger partial charge on any atom is 0.338 e. The summed E-state index contributed by atoms with van der Waals surface area (Å²) in [5.74, 6) is 0.666. The Kier molecular flexibility index (Phi) is 5.46. The van der Waals surface area contributed by atoms with Gasteiger partial charge in [0.15, 0.2) is 0 Å². The van der Waals surface area contributed by atoms with Crippen LogP contribution < -0.4 is 5.32 Å². The Morgan fingerprint density at radius 2 is 1.95 bits per heavy atom. The molecular formula is C16H22BrNO2. The van der Waals surface area contributed by atoms with Gasteiger partial charge in [-0.15, -0.1) is 0 Å². The lowest BCUT2D eigenvalue weighted by Crippen LogP contribution is -2.21. The minimum Gasteiger partial charge on any atom is -0.478 e. The fourth-order valence-electron chi connectivity index (χ4n) is 2.99. The highest BCUT2D eigenvalue weighted by molar-refractivity contribution is 9.10. The molecule has 0 bridgehead atoms. The van der Waals surface area contributed by atoms with E-state index in [2.05, 4.69) is 28.2 Å². The molecule has 3 nitrogen and oxygen atoms in total. The van der Waals surface area contributed by atoms with E-state index in [1.165, 1.54) is 32.1 Å². The van der Waals surface area contributed by atoms with Crippen molar-refractivity contribution in [1.29, 1.82) is 0 Å². The third-order valence-corrected chi connectivity index (χ3v) is 5.01. The topological polar surface area (TPSA) is 49.3 Å². The summed E-state index contributed by atoms with van der Waals surface area (Å²) in [7, 11) is 0. The van der Waals surface area contributed by atoms with Crippen LogP contribution in [0, 0.1) is 11.8 Å². The van der Waals surface area contributed by atoms with Crippen molar-refractivity contribution in [1.82, 2.24) is 0 Å². The third kappa shape index (κ3) is 3.75. The van der Waals surface area contributed by atoms with Crippen molar-refractivity contribution >= 4 is 27.6 Å². The van der Waals surface area contributed by atoms with Gasteiger partial charge in [0.25, 0.3) is 0 Å². The van der Waals surface area contributed by atoms with E-state index in [0.717, 1.165) is 12.5 Å². The molecule has 4 heteroatoms. The van der Waals surface area contributed by atoms with Crippen molar-refractivity contribution in [2.45, 2.75) is 39.0 Å². The molecule has 110 valence electrons. The first kappa shape index (κ1) is 15.4. The van der Waals surface area contributed by atoms with Gasteiger partial charge in [-0.25, -0.2) is 4.79 Å². The van der Waals surface area contributed by atoms with Crippen LogP contribution in [0.5, 0.6) is 0 Å². The SMILES string of the molecule is CCC1CCC(CNc2cccc(Br)c2C(=O)O)CC1. The van der Waals surface area contributed by atoms with E-state index in [0.29, 0.717) is 21.6 Å². The lowest BCUT2D eigenvalue weighted by molar-refractivity contribution is 0.0697.